The van der Waals surface area contributed by atoms with Crippen LogP contribution in [-0.4, -0.2) is 18.0 Å². The molecule has 1 nitrogen and oxygen atoms in total. The number of benzene rings is 1. The molecule has 0 bridgehead atoms. The third-order valence-corrected chi connectivity index (χ3v) is 5.26. The second-order valence-corrected chi connectivity index (χ2v) is 6.22. The van der Waals surface area contributed by atoms with E-state index in [2.05, 4.69) is 29.6 Å². The molecule has 2 aliphatic carbocycles. The Morgan fingerprint density at radius 2 is 1.94 bits per heavy atom. The normalized spacial score (nSPS) is 25.3. The van der Waals surface area contributed by atoms with Crippen LogP contribution in [0.4, 0.5) is 0 Å². The third kappa shape index (κ3) is 2.31. The molecule has 0 aliphatic heterocycles. The zero-order valence-electron chi connectivity index (χ0n) is 10.9. The quantitative estimate of drug-likeness (QED) is 0.814. The topological polar surface area (TPSA) is 12.0 Å². The zero-order valence-corrected chi connectivity index (χ0v) is 11.7. The molecule has 0 amide bonds. The first kappa shape index (κ1) is 12.5. The highest BCUT2D eigenvalue weighted by atomic mass is 35.5. The van der Waals surface area contributed by atoms with Crippen molar-refractivity contribution < 1.29 is 0 Å². The summed E-state index contributed by atoms with van der Waals surface area (Å²) >= 11 is 6.22. The van der Waals surface area contributed by atoms with Crippen molar-refractivity contribution in [3.63, 3.8) is 0 Å². The first-order valence-electron chi connectivity index (χ1n) is 7.22. The lowest BCUT2D eigenvalue weighted by atomic mass is 9.76. The number of fused-ring (bicyclic) bond motifs is 1. The predicted octanol–water partition coefficient (Wildman–Crippen LogP) is 3.86. The van der Waals surface area contributed by atoms with Gasteiger partial charge in [0.15, 0.2) is 0 Å². The molecule has 1 unspecified atom stereocenters. The largest absolute Gasteiger partial charge is 0.309 e. The van der Waals surface area contributed by atoms with Crippen LogP contribution in [0, 0.1) is 0 Å². The van der Waals surface area contributed by atoms with Crippen molar-refractivity contribution in [2.75, 3.05) is 12.4 Å². The Morgan fingerprint density at radius 3 is 2.67 bits per heavy atom. The molecule has 1 N–H and O–H groups in total. The monoisotopic (exact) mass is 263 g/mol. The van der Waals surface area contributed by atoms with Crippen molar-refractivity contribution in [3.8, 4) is 0 Å². The van der Waals surface area contributed by atoms with Gasteiger partial charge in [-0.15, -0.1) is 11.6 Å². The van der Waals surface area contributed by atoms with Crippen LogP contribution >= 0.6 is 11.6 Å². The first-order valence-corrected chi connectivity index (χ1v) is 7.75. The zero-order chi connectivity index (χ0) is 12.4. The fourth-order valence-electron chi connectivity index (χ4n) is 3.47. The number of rotatable bonds is 4. The number of hydrogen-bond donors (Lipinski definition) is 1. The fraction of sp³-hybridized carbons (Fsp3) is 0.625. The molecular weight excluding hydrogens is 242 g/mol. The highest BCUT2D eigenvalue weighted by Gasteiger charge is 2.33. The first-order chi connectivity index (χ1) is 8.83. The van der Waals surface area contributed by atoms with Crippen molar-refractivity contribution in [2.45, 2.75) is 50.0 Å². The van der Waals surface area contributed by atoms with Crippen LogP contribution < -0.4 is 5.32 Å². The van der Waals surface area contributed by atoms with Crippen LogP contribution in [0.5, 0.6) is 0 Å². The van der Waals surface area contributed by atoms with E-state index in [1.54, 1.807) is 5.56 Å². The van der Waals surface area contributed by atoms with Gasteiger partial charge >= 0.3 is 0 Å². The van der Waals surface area contributed by atoms with Gasteiger partial charge in [-0.3, -0.25) is 0 Å². The van der Waals surface area contributed by atoms with E-state index in [-0.39, 0.29) is 5.54 Å². The highest BCUT2D eigenvalue weighted by molar-refractivity contribution is 6.18. The van der Waals surface area contributed by atoms with Gasteiger partial charge in [0.2, 0.25) is 0 Å². The average molecular weight is 264 g/mol. The minimum atomic E-state index is 0.227. The highest BCUT2D eigenvalue weighted by Crippen LogP contribution is 2.36. The molecule has 98 valence electrons. The molecule has 1 saturated carbocycles. The second kappa shape index (κ2) is 5.22. The maximum atomic E-state index is 6.22. The molecule has 1 aromatic rings. The molecule has 2 aliphatic rings. The Morgan fingerprint density at radius 1 is 1.17 bits per heavy atom. The molecule has 2 heteroatoms. The van der Waals surface area contributed by atoms with E-state index in [0.717, 1.165) is 12.4 Å². The Kier molecular flexibility index (Phi) is 3.63. The summed E-state index contributed by atoms with van der Waals surface area (Å²) in [6.45, 7) is 1.10. The Bertz CT molecular complexity index is 409. The van der Waals surface area contributed by atoms with E-state index in [9.17, 15) is 0 Å². The van der Waals surface area contributed by atoms with Gasteiger partial charge in [0.25, 0.3) is 0 Å². The van der Waals surface area contributed by atoms with Gasteiger partial charge in [-0.05, 0) is 30.4 Å². The average Bonchev–Trinajstić information content (AvgIpc) is 2.41. The Balaban J connectivity index is 1.59. The molecule has 18 heavy (non-hydrogen) atoms. The number of halogens is 1. The predicted molar refractivity (Wildman–Crippen MR) is 77.4 cm³/mol. The Hall–Kier alpha value is -0.530. The van der Waals surface area contributed by atoms with Gasteiger partial charge in [0.1, 0.15) is 0 Å². The lowest BCUT2D eigenvalue weighted by Gasteiger charge is -2.40. The summed E-state index contributed by atoms with van der Waals surface area (Å²) in [5, 5.41) is 3.80. The van der Waals surface area contributed by atoms with Crippen LogP contribution in [0.25, 0.3) is 0 Å². The van der Waals surface area contributed by atoms with Crippen LogP contribution in [0.3, 0.4) is 0 Å². The van der Waals surface area contributed by atoms with Crippen molar-refractivity contribution >= 4 is 11.6 Å². The van der Waals surface area contributed by atoms with E-state index < -0.39 is 0 Å². The molecule has 1 atom stereocenters. The molecule has 0 aromatic heterocycles. The summed E-state index contributed by atoms with van der Waals surface area (Å²) in [4.78, 5) is 0. The Labute approximate surface area is 115 Å². The van der Waals surface area contributed by atoms with Crippen LogP contribution in [0.15, 0.2) is 24.3 Å². The van der Waals surface area contributed by atoms with E-state index in [0.29, 0.717) is 5.92 Å². The standard InChI is InChI=1S/C16H22ClN/c17-12-16(8-4-1-5-9-16)18-11-14-10-13-6-2-3-7-15(13)14/h2-3,6-7,14,18H,1,4-5,8-12H2. The van der Waals surface area contributed by atoms with Crippen LogP contribution in [-0.2, 0) is 6.42 Å². The van der Waals surface area contributed by atoms with Gasteiger partial charge < -0.3 is 5.32 Å². The van der Waals surface area contributed by atoms with Gasteiger partial charge in [-0.25, -0.2) is 0 Å². The maximum absolute atomic E-state index is 6.22. The lowest BCUT2D eigenvalue weighted by molar-refractivity contribution is 0.250. The molecule has 3 rings (SSSR count). The summed E-state index contributed by atoms with van der Waals surface area (Å²) < 4.78 is 0. The molecule has 1 fully saturated rings. The number of alkyl halides is 1. The molecule has 0 heterocycles. The van der Waals surface area contributed by atoms with Gasteiger partial charge in [-0.2, -0.15) is 0 Å². The molecule has 1 aromatic carbocycles. The number of nitrogens with one attached hydrogen (secondary N) is 1. The SMILES string of the molecule is ClCC1(NCC2Cc3ccccc32)CCCCC1. The van der Waals surface area contributed by atoms with Crippen molar-refractivity contribution in [2.24, 2.45) is 0 Å². The summed E-state index contributed by atoms with van der Waals surface area (Å²) in [6.07, 6.45) is 7.80. The third-order valence-electron chi connectivity index (χ3n) is 4.75. The van der Waals surface area contributed by atoms with E-state index >= 15 is 0 Å². The summed E-state index contributed by atoms with van der Waals surface area (Å²) in [7, 11) is 0. The molecule has 0 radical (unpaired) electrons. The van der Waals surface area contributed by atoms with Crippen molar-refractivity contribution in [1.82, 2.24) is 5.32 Å². The molecular formula is C16H22ClN. The maximum Gasteiger partial charge on any atom is 0.0406 e. The van der Waals surface area contributed by atoms with Gasteiger partial charge in [0, 0.05) is 23.9 Å². The van der Waals surface area contributed by atoms with Gasteiger partial charge in [-0.1, -0.05) is 43.5 Å². The van der Waals surface area contributed by atoms with E-state index in [1.165, 1.54) is 44.1 Å². The lowest BCUT2D eigenvalue weighted by Crippen LogP contribution is -2.50. The smallest absolute Gasteiger partial charge is 0.0406 e. The summed E-state index contributed by atoms with van der Waals surface area (Å²) in [6, 6.07) is 8.83. The minimum absolute atomic E-state index is 0.227. The minimum Gasteiger partial charge on any atom is -0.309 e. The summed E-state index contributed by atoms with van der Waals surface area (Å²) in [5.74, 6) is 1.48. The van der Waals surface area contributed by atoms with Crippen LogP contribution in [0.1, 0.15) is 49.1 Å². The fourth-order valence-corrected chi connectivity index (χ4v) is 3.83. The van der Waals surface area contributed by atoms with Crippen LogP contribution in [0.2, 0.25) is 0 Å². The number of hydrogen-bond acceptors (Lipinski definition) is 1. The van der Waals surface area contributed by atoms with Crippen molar-refractivity contribution in [3.05, 3.63) is 35.4 Å². The molecule has 0 spiro atoms. The molecule has 0 saturated heterocycles. The summed E-state index contributed by atoms with van der Waals surface area (Å²) in [5.41, 5.74) is 3.31. The van der Waals surface area contributed by atoms with Crippen molar-refractivity contribution in [1.29, 1.82) is 0 Å². The van der Waals surface area contributed by atoms with E-state index in [1.807, 2.05) is 0 Å². The second-order valence-electron chi connectivity index (χ2n) is 5.96. The van der Waals surface area contributed by atoms with E-state index in [4.69, 9.17) is 11.6 Å². The van der Waals surface area contributed by atoms with Gasteiger partial charge in [0.05, 0.1) is 0 Å².